The van der Waals surface area contributed by atoms with E-state index in [0.29, 0.717) is 16.1 Å². The quantitative estimate of drug-likeness (QED) is 0.135. The number of ether oxygens (including phenoxy) is 2. The monoisotopic (exact) mass is 549 g/mol. The van der Waals surface area contributed by atoms with Crippen LogP contribution >= 0.6 is 23.2 Å². The Kier molecular flexibility index (Phi) is 8.58. The lowest BCUT2D eigenvalue weighted by Crippen LogP contribution is -2.35. The van der Waals surface area contributed by atoms with Gasteiger partial charge in [0.05, 0.1) is 30.5 Å². The molecule has 4 aromatic carbocycles. The molecule has 0 atom stereocenters. The third-order valence-electron chi connectivity index (χ3n) is 5.39. The molecule has 2 amide bonds. The topological polar surface area (TPSA) is 106 Å². The maximum absolute atomic E-state index is 12.6. The van der Waals surface area contributed by atoms with Crippen LogP contribution < -0.4 is 20.2 Å². The van der Waals surface area contributed by atoms with Gasteiger partial charge in [0, 0.05) is 10.6 Å². The molecule has 0 fully saturated rings. The first-order chi connectivity index (χ1) is 18.4. The van der Waals surface area contributed by atoms with Gasteiger partial charge in [-0.15, -0.1) is 0 Å². The third kappa shape index (κ3) is 6.47. The lowest BCUT2D eigenvalue weighted by Gasteiger charge is -2.10. The highest BCUT2D eigenvalue weighted by molar-refractivity contribution is 6.36. The molecule has 0 aliphatic heterocycles. The summed E-state index contributed by atoms with van der Waals surface area (Å²) in [4.78, 5) is 37.2. The molecular weight excluding hydrogens is 529 g/mol. The first kappa shape index (κ1) is 26.7. The number of amides is 2. The van der Waals surface area contributed by atoms with E-state index in [-0.39, 0.29) is 34.5 Å². The van der Waals surface area contributed by atoms with Crippen LogP contribution in [0.1, 0.15) is 26.3 Å². The molecule has 0 aromatic heterocycles. The summed E-state index contributed by atoms with van der Waals surface area (Å²) in [5.74, 6) is -1.12. The van der Waals surface area contributed by atoms with Crippen molar-refractivity contribution in [2.45, 2.75) is 0 Å². The molecule has 38 heavy (non-hydrogen) atoms. The van der Waals surface area contributed by atoms with Gasteiger partial charge in [-0.05, 0) is 58.8 Å². The Hall–Kier alpha value is -4.40. The maximum Gasteiger partial charge on any atom is 0.345 e. The number of methoxy groups -OCH3 is 1. The van der Waals surface area contributed by atoms with E-state index in [4.69, 9.17) is 32.7 Å². The number of hydrazone groups is 1. The number of hydrogen-bond donors (Lipinski definition) is 2. The molecule has 0 radical (unpaired) electrons. The van der Waals surface area contributed by atoms with Crippen molar-refractivity contribution in [1.82, 2.24) is 10.7 Å². The van der Waals surface area contributed by atoms with Gasteiger partial charge >= 0.3 is 5.97 Å². The highest BCUT2D eigenvalue weighted by Crippen LogP contribution is 2.30. The number of carbonyl (C=O) groups excluding carboxylic acids is 3. The molecule has 0 heterocycles. The van der Waals surface area contributed by atoms with Gasteiger partial charge in [0.1, 0.15) is 0 Å². The average Bonchev–Trinajstić information content (AvgIpc) is 2.92. The van der Waals surface area contributed by atoms with Gasteiger partial charge in [-0.1, -0.05) is 59.6 Å². The Balaban J connectivity index is 1.33. The predicted molar refractivity (Wildman–Crippen MR) is 146 cm³/mol. The van der Waals surface area contributed by atoms with E-state index in [1.165, 1.54) is 37.6 Å². The number of fused-ring (bicyclic) bond motifs is 1. The van der Waals surface area contributed by atoms with E-state index in [1.54, 1.807) is 24.3 Å². The minimum atomic E-state index is -0.677. The first-order valence-corrected chi connectivity index (χ1v) is 12.0. The summed E-state index contributed by atoms with van der Waals surface area (Å²) in [6.07, 6.45) is 1.38. The molecule has 4 rings (SSSR count). The second kappa shape index (κ2) is 12.2. The van der Waals surface area contributed by atoms with E-state index in [2.05, 4.69) is 15.8 Å². The summed E-state index contributed by atoms with van der Waals surface area (Å²) in [6.45, 7) is -0.259. The van der Waals surface area contributed by atoms with Crippen LogP contribution in [0.2, 0.25) is 10.0 Å². The Morgan fingerprint density at radius 3 is 2.47 bits per heavy atom. The fraction of sp³-hybridized carbons (Fsp3) is 0.0714. The molecule has 8 nitrogen and oxygen atoms in total. The van der Waals surface area contributed by atoms with Crippen LogP contribution in [0.3, 0.4) is 0 Å². The summed E-state index contributed by atoms with van der Waals surface area (Å²) < 4.78 is 10.7. The van der Waals surface area contributed by atoms with Gasteiger partial charge in [-0.25, -0.2) is 10.2 Å². The van der Waals surface area contributed by atoms with Crippen molar-refractivity contribution in [3.8, 4) is 11.5 Å². The second-order valence-electron chi connectivity index (χ2n) is 7.93. The fourth-order valence-corrected chi connectivity index (χ4v) is 4.04. The zero-order valence-electron chi connectivity index (χ0n) is 20.0. The molecule has 4 aromatic rings. The maximum atomic E-state index is 12.6. The molecule has 10 heteroatoms. The lowest BCUT2D eigenvalue weighted by molar-refractivity contribution is -0.120. The first-order valence-electron chi connectivity index (χ1n) is 11.3. The summed E-state index contributed by atoms with van der Waals surface area (Å²) in [7, 11) is 1.42. The van der Waals surface area contributed by atoms with Crippen molar-refractivity contribution in [1.29, 1.82) is 0 Å². The number of carbonyl (C=O) groups is 3. The standard InChI is InChI=1S/C28H21Cl2N3O5/c1-37-25-13-17(9-12-24(25)38-28(36)22-11-10-19(29)14-23(22)30)15-32-33-26(34)16-31-27(35)21-8-4-6-18-5-2-3-7-20(18)21/h2-15H,16H2,1H3,(H,31,35)(H,33,34). The van der Waals surface area contributed by atoms with Crippen molar-refractivity contribution in [3.05, 3.63) is 106 Å². The number of esters is 1. The highest BCUT2D eigenvalue weighted by Gasteiger charge is 2.16. The van der Waals surface area contributed by atoms with Crippen LogP contribution in [-0.2, 0) is 4.79 Å². The van der Waals surface area contributed by atoms with Crippen LogP contribution in [-0.4, -0.2) is 37.7 Å². The van der Waals surface area contributed by atoms with Gasteiger partial charge < -0.3 is 14.8 Å². The van der Waals surface area contributed by atoms with Crippen molar-refractivity contribution in [3.63, 3.8) is 0 Å². The number of hydrogen-bond acceptors (Lipinski definition) is 6. The largest absolute Gasteiger partial charge is 0.493 e. The Morgan fingerprint density at radius 2 is 1.68 bits per heavy atom. The van der Waals surface area contributed by atoms with Crippen LogP contribution in [0.4, 0.5) is 0 Å². The smallest absolute Gasteiger partial charge is 0.345 e. The van der Waals surface area contributed by atoms with Crippen LogP contribution in [0, 0.1) is 0 Å². The molecule has 0 spiro atoms. The molecule has 2 N–H and O–H groups in total. The van der Waals surface area contributed by atoms with Gasteiger partial charge in [0.25, 0.3) is 11.8 Å². The number of halogens is 2. The van der Waals surface area contributed by atoms with E-state index in [9.17, 15) is 14.4 Å². The van der Waals surface area contributed by atoms with Gasteiger partial charge in [0.15, 0.2) is 11.5 Å². The zero-order valence-corrected chi connectivity index (χ0v) is 21.5. The summed E-state index contributed by atoms with van der Waals surface area (Å²) in [6, 6.07) is 22.1. The normalized spacial score (nSPS) is 10.8. The molecule has 192 valence electrons. The molecule has 0 bridgehead atoms. The van der Waals surface area contributed by atoms with Crippen LogP contribution in [0.25, 0.3) is 10.8 Å². The lowest BCUT2D eigenvalue weighted by atomic mass is 10.0. The van der Waals surface area contributed by atoms with Crippen molar-refractivity contribution < 1.29 is 23.9 Å². The zero-order chi connectivity index (χ0) is 27.1. The number of nitrogens with one attached hydrogen (secondary N) is 2. The molecule has 0 unspecified atom stereocenters. The Bertz CT molecular complexity index is 1550. The summed E-state index contributed by atoms with van der Waals surface area (Å²) in [5.41, 5.74) is 3.55. The number of nitrogens with zero attached hydrogens (tertiary/aromatic N) is 1. The SMILES string of the molecule is COc1cc(C=NNC(=O)CNC(=O)c2cccc3ccccc23)ccc1OC(=O)c1ccc(Cl)cc1Cl. The van der Waals surface area contributed by atoms with E-state index in [0.717, 1.165) is 10.8 Å². The van der Waals surface area contributed by atoms with E-state index < -0.39 is 11.9 Å². The van der Waals surface area contributed by atoms with E-state index in [1.807, 2.05) is 30.3 Å². The fourth-order valence-electron chi connectivity index (χ4n) is 3.56. The molecule has 0 aliphatic carbocycles. The Labute approximate surface area is 228 Å². The summed E-state index contributed by atoms with van der Waals surface area (Å²) in [5, 5.41) is 8.78. The van der Waals surface area contributed by atoms with Gasteiger partial charge in [0.2, 0.25) is 0 Å². The number of benzene rings is 4. The van der Waals surface area contributed by atoms with Crippen LogP contribution in [0.15, 0.2) is 84.0 Å². The molecule has 0 saturated carbocycles. The minimum absolute atomic E-state index is 0.152. The van der Waals surface area contributed by atoms with Crippen molar-refractivity contribution >= 4 is 58.0 Å². The Morgan fingerprint density at radius 1 is 0.895 bits per heavy atom. The third-order valence-corrected chi connectivity index (χ3v) is 5.94. The molecule has 0 saturated heterocycles. The van der Waals surface area contributed by atoms with Crippen molar-refractivity contribution in [2.75, 3.05) is 13.7 Å². The number of rotatable bonds is 8. The molecule has 0 aliphatic rings. The van der Waals surface area contributed by atoms with Crippen LogP contribution in [0.5, 0.6) is 11.5 Å². The van der Waals surface area contributed by atoms with Gasteiger partial charge in [-0.3, -0.25) is 9.59 Å². The summed E-state index contributed by atoms with van der Waals surface area (Å²) >= 11 is 11.9. The predicted octanol–water partition coefficient (Wildman–Crippen LogP) is 5.25. The second-order valence-corrected chi connectivity index (χ2v) is 8.77. The van der Waals surface area contributed by atoms with Crippen molar-refractivity contribution in [2.24, 2.45) is 5.10 Å². The highest BCUT2D eigenvalue weighted by atomic mass is 35.5. The van der Waals surface area contributed by atoms with Gasteiger partial charge in [-0.2, -0.15) is 5.10 Å². The van der Waals surface area contributed by atoms with E-state index >= 15 is 0 Å². The average molecular weight is 550 g/mol. The minimum Gasteiger partial charge on any atom is -0.493 e. The molecular formula is C28H21Cl2N3O5.